The zero-order valence-corrected chi connectivity index (χ0v) is 30.8. The van der Waals surface area contributed by atoms with Gasteiger partial charge in [0.2, 0.25) is 5.91 Å². The highest BCUT2D eigenvalue weighted by atomic mass is 35.5. The summed E-state index contributed by atoms with van der Waals surface area (Å²) >= 11 is 18.8. The van der Waals surface area contributed by atoms with Gasteiger partial charge >= 0.3 is 0 Å². The summed E-state index contributed by atoms with van der Waals surface area (Å²) in [6.07, 6.45) is 8.22. The second-order valence-corrected chi connectivity index (χ2v) is 15.2. The summed E-state index contributed by atoms with van der Waals surface area (Å²) in [4.78, 5) is 49.6. The van der Waals surface area contributed by atoms with Crippen LogP contribution < -0.4 is 16.9 Å². The number of hydrogen-bond acceptors (Lipinski definition) is 7. The van der Waals surface area contributed by atoms with Crippen molar-refractivity contribution in [2.45, 2.75) is 64.3 Å². The standard InChI is InChI=1S/C37H37Cl2N7O4S/c1-22(10-11-23(2)47)16-43-20-41-45-17-24(14-30(45)35(43)49)26-6-4-8-28(33(26)38)29-9-5-7-27(34(29)39)25-15-31-36(50)44(21-42-46(31)18-25)19-37(3,51)13-12-32(40)48/h4-9,14-15,17-18,20-22,51H,10-13,16,19H2,1-3H3,(H2,40,48)/t22-,37?/m0/s1. The third-order valence-corrected chi connectivity index (χ3v) is 10.2. The molecule has 14 heteroatoms. The van der Waals surface area contributed by atoms with Crippen LogP contribution in [0.3, 0.4) is 0 Å². The fourth-order valence-corrected chi connectivity index (χ4v) is 7.17. The molecule has 0 spiro atoms. The normalized spacial score (nSPS) is 13.5. The topological polar surface area (TPSA) is 139 Å². The summed E-state index contributed by atoms with van der Waals surface area (Å²) in [5.74, 6) is -0.167. The van der Waals surface area contributed by atoms with Gasteiger partial charge in [0.25, 0.3) is 11.1 Å². The SMILES string of the molecule is CC(=O)CC[C@H](C)Cn1cnn2cc(-c3cccc(-c4cccc(-c5cc6c(=O)n(CC(C)(S)CCC(N)=O)cnn6c5)c4Cl)c3Cl)cc2c1=O. The van der Waals surface area contributed by atoms with Crippen LogP contribution in [0, 0.1) is 5.92 Å². The van der Waals surface area contributed by atoms with Crippen LogP contribution in [0.25, 0.3) is 44.4 Å². The molecule has 0 aliphatic carbocycles. The second-order valence-electron chi connectivity index (χ2n) is 13.4. The molecule has 6 aromatic rings. The number of ketones is 1. The van der Waals surface area contributed by atoms with Crippen molar-refractivity contribution in [3.63, 3.8) is 0 Å². The van der Waals surface area contributed by atoms with Crippen LogP contribution in [0.2, 0.25) is 10.0 Å². The van der Waals surface area contributed by atoms with Crippen molar-refractivity contribution in [3.8, 4) is 33.4 Å². The number of benzene rings is 2. The number of hydrogen-bond donors (Lipinski definition) is 2. The van der Waals surface area contributed by atoms with E-state index in [1.807, 2.05) is 50.2 Å². The zero-order chi connectivity index (χ0) is 36.6. The van der Waals surface area contributed by atoms with Crippen molar-refractivity contribution in [1.29, 1.82) is 0 Å². The summed E-state index contributed by atoms with van der Waals surface area (Å²) in [7, 11) is 0. The predicted octanol–water partition coefficient (Wildman–Crippen LogP) is 6.57. The first-order valence-corrected chi connectivity index (χ1v) is 17.7. The molecule has 11 nitrogen and oxygen atoms in total. The Bertz CT molecular complexity index is 2430. The van der Waals surface area contributed by atoms with E-state index in [0.717, 1.165) is 0 Å². The number of Topliss-reactive ketones (excluding diaryl/α,β-unsaturated/α-hetero) is 1. The van der Waals surface area contributed by atoms with E-state index in [9.17, 15) is 19.2 Å². The number of aromatic nitrogens is 6. The lowest BCUT2D eigenvalue weighted by molar-refractivity contribution is -0.118. The average Bonchev–Trinajstić information content (AvgIpc) is 3.72. The molecule has 51 heavy (non-hydrogen) atoms. The number of carbonyl (C=O) groups is 2. The van der Waals surface area contributed by atoms with Crippen molar-refractivity contribution in [2.24, 2.45) is 11.7 Å². The minimum Gasteiger partial charge on any atom is -0.370 e. The van der Waals surface area contributed by atoms with Gasteiger partial charge in [-0.25, -0.2) is 9.03 Å². The van der Waals surface area contributed by atoms with Crippen LogP contribution in [-0.2, 0) is 22.7 Å². The van der Waals surface area contributed by atoms with Gasteiger partial charge in [-0.15, -0.1) is 0 Å². The average molecular weight is 747 g/mol. The maximum Gasteiger partial charge on any atom is 0.277 e. The lowest BCUT2D eigenvalue weighted by atomic mass is 9.97. The Morgan fingerprint density at radius 3 is 1.84 bits per heavy atom. The lowest BCUT2D eigenvalue weighted by Crippen LogP contribution is -2.33. The number of rotatable bonds is 13. The molecule has 0 bridgehead atoms. The molecule has 1 unspecified atom stereocenters. The van der Waals surface area contributed by atoms with Crippen molar-refractivity contribution in [1.82, 2.24) is 28.4 Å². The molecule has 2 atom stereocenters. The molecule has 264 valence electrons. The summed E-state index contributed by atoms with van der Waals surface area (Å²) in [6, 6.07) is 14.8. The van der Waals surface area contributed by atoms with Gasteiger partial charge in [0.05, 0.1) is 10.0 Å². The van der Waals surface area contributed by atoms with E-state index in [1.165, 1.54) is 21.7 Å². The highest BCUT2D eigenvalue weighted by Gasteiger charge is 2.23. The fourth-order valence-electron chi connectivity index (χ4n) is 6.23. The van der Waals surface area contributed by atoms with Crippen LogP contribution in [0.15, 0.2) is 83.2 Å². The van der Waals surface area contributed by atoms with E-state index in [-0.39, 0.29) is 35.8 Å². The molecule has 0 aliphatic rings. The Morgan fingerprint density at radius 2 is 1.33 bits per heavy atom. The first-order chi connectivity index (χ1) is 24.2. The summed E-state index contributed by atoms with van der Waals surface area (Å²) in [5.41, 5.74) is 9.80. The number of carbonyl (C=O) groups excluding carboxylic acids is 2. The third-order valence-electron chi connectivity index (χ3n) is 9.02. The lowest BCUT2D eigenvalue weighted by Gasteiger charge is -2.23. The van der Waals surface area contributed by atoms with Crippen LogP contribution in [0.5, 0.6) is 0 Å². The highest BCUT2D eigenvalue weighted by Crippen LogP contribution is 2.42. The van der Waals surface area contributed by atoms with E-state index < -0.39 is 10.7 Å². The summed E-state index contributed by atoms with van der Waals surface area (Å²) in [6.45, 7) is 6.12. The van der Waals surface area contributed by atoms with Gasteiger partial charge in [0.1, 0.15) is 29.5 Å². The molecular weight excluding hydrogens is 709 g/mol. The van der Waals surface area contributed by atoms with Crippen molar-refractivity contribution in [2.75, 3.05) is 0 Å². The summed E-state index contributed by atoms with van der Waals surface area (Å²) in [5, 5.41) is 9.79. The van der Waals surface area contributed by atoms with Crippen molar-refractivity contribution < 1.29 is 9.59 Å². The molecule has 2 aromatic carbocycles. The number of thiol groups is 1. The highest BCUT2D eigenvalue weighted by molar-refractivity contribution is 7.81. The van der Waals surface area contributed by atoms with Crippen LogP contribution >= 0.6 is 35.8 Å². The zero-order valence-electron chi connectivity index (χ0n) is 28.3. The quantitative estimate of drug-likeness (QED) is 0.128. The Kier molecular flexibility index (Phi) is 10.3. The number of halogens is 2. The first kappa shape index (κ1) is 36.2. The fraction of sp³-hybridized carbons (Fsp3) is 0.297. The molecule has 0 fully saturated rings. The van der Waals surface area contributed by atoms with E-state index in [0.29, 0.717) is 80.3 Å². The summed E-state index contributed by atoms with van der Waals surface area (Å²) < 4.78 is 5.45. The van der Waals surface area contributed by atoms with Gasteiger partial charge in [-0.05, 0) is 44.7 Å². The Labute approximate surface area is 309 Å². The minimum absolute atomic E-state index is 0.127. The Hall–Kier alpha value is -4.65. The molecule has 4 aromatic heterocycles. The molecule has 0 saturated heterocycles. The van der Waals surface area contributed by atoms with Crippen LogP contribution in [0.4, 0.5) is 0 Å². The number of primary amides is 1. The number of fused-ring (bicyclic) bond motifs is 2. The van der Waals surface area contributed by atoms with Gasteiger partial charge in [0.15, 0.2) is 0 Å². The molecule has 2 N–H and O–H groups in total. The number of amides is 1. The van der Waals surface area contributed by atoms with Gasteiger partial charge < -0.3 is 10.5 Å². The Balaban J connectivity index is 1.31. The van der Waals surface area contributed by atoms with E-state index in [2.05, 4.69) is 22.8 Å². The van der Waals surface area contributed by atoms with Crippen LogP contribution in [0.1, 0.15) is 46.5 Å². The molecule has 0 saturated carbocycles. The Morgan fingerprint density at radius 1 is 0.843 bits per heavy atom. The first-order valence-electron chi connectivity index (χ1n) is 16.5. The van der Waals surface area contributed by atoms with Crippen molar-refractivity contribution >= 4 is 58.6 Å². The van der Waals surface area contributed by atoms with Gasteiger partial charge in [0, 0.05) is 76.5 Å². The maximum atomic E-state index is 13.5. The maximum absolute atomic E-state index is 13.5. The van der Waals surface area contributed by atoms with Crippen molar-refractivity contribution in [3.05, 3.63) is 104 Å². The van der Waals surface area contributed by atoms with E-state index >= 15 is 0 Å². The largest absolute Gasteiger partial charge is 0.370 e. The number of nitrogens with two attached hydrogens (primary N) is 1. The molecule has 0 radical (unpaired) electrons. The molecule has 0 aliphatic heterocycles. The molecule has 1 amide bonds. The minimum atomic E-state index is -0.653. The second kappa shape index (κ2) is 14.5. The molecule has 6 rings (SSSR count). The predicted molar refractivity (Wildman–Crippen MR) is 204 cm³/mol. The smallest absolute Gasteiger partial charge is 0.277 e. The van der Waals surface area contributed by atoms with Gasteiger partial charge in [-0.2, -0.15) is 22.8 Å². The van der Waals surface area contributed by atoms with E-state index in [4.69, 9.17) is 28.9 Å². The van der Waals surface area contributed by atoms with Gasteiger partial charge in [-0.1, -0.05) is 66.5 Å². The van der Waals surface area contributed by atoms with Crippen LogP contribution in [-0.4, -0.2) is 44.8 Å². The monoisotopic (exact) mass is 745 g/mol. The third kappa shape index (κ3) is 7.68. The molecule has 4 heterocycles. The number of nitrogens with zero attached hydrogens (tertiary/aromatic N) is 6. The van der Waals surface area contributed by atoms with E-state index in [1.54, 1.807) is 40.5 Å². The molecular formula is C37H37Cl2N7O4S. The van der Waals surface area contributed by atoms with Gasteiger partial charge in [-0.3, -0.25) is 23.5 Å².